The van der Waals surface area contributed by atoms with E-state index in [1.54, 1.807) is 12.1 Å². The predicted molar refractivity (Wildman–Crippen MR) is 47.8 cm³/mol. The summed E-state index contributed by atoms with van der Waals surface area (Å²) in [5.74, 6) is 0.285. The average molecular weight is 219 g/mol. The molecule has 0 unspecified atom stereocenters. The Labute approximate surface area is 73.6 Å². The molecule has 1 rings (SSSR count). The number of phenols is 1. The van der Waals surface area contributed by atoms with Crippen LogP contribution >= 0.6 is 28.6 Å². The molecule has 1 nitrogen and oxygen atoms in total. The van der Waals surface area contributed by atoms with Gasteiger partial charge in [0.25, 0.3) is 0 Å². The molecule has 10 heavy (non-hydrogen) atoms. The van der Waals surface area contributed by atoms with E-state index in [1.165, 1.54) is 0 Å². The van der Waals surface area contributed by atoms with Crippen molar-refractivity contribution in [2.24, 2.45) is 0 Å². The molecule has 0 radical (unpaired) electrons. The van der Waals surface area contributed by atoms with Gasteiger partial charge < -0.3 is 5.11 Å². The lowest BCUT2D eigenvalue weighted by atomic mass is 10.2. The Morgan fingerprint density at radius 1 is 1.50 bits per heavy atom. The van der Waals surface area contributed by atoms with Crippen molar-refractivity contribution in [2.45, 2.75) is 11.8 Å². The van der Waals surface area contributed by atoms with E-state index >= 15 is 0 Å². The van der Waals surface area contributed by atoms with Crippen molar-refractivity contribution in [2.75, 3.05) is 0 Å². The molecule has 0 amide bonds. The molecule has 3 heteroatoms. The van der Waals surface area contributed by atoms with Gasteiger partial charge in [0.05, 0.1) is 0 Å². The van der Waals surface area contributed by atoms with Gasteiger partial charge in [-0.2, -0.15) is 0 Å². The minimum Gasteiger partial charge on any atom is -0.508 e. The lowest BCUT2D eigenvalue weighted by Gasteiger charge is -2.02. The smallest absolute Gasteiger partial charge is 0.119 e. The molecule has 54 valence electrons. The normalized spacial score (nSPS) is 9.90. The highest BCUT2D eigenvalue weighted by atomic mass is 79.9. The summed E-state index contributed by atoms with van der Waals surface area (Å²) in [6, 6.07) is 3.41. The lowest BCUT2D eigenvalue weighted by molar-refractivity contribution is 0.469. The molecule has 1 aromatic rings. The first-order valence-corrected chi connectivity index (χ1v) is 4.04. The van der Waals surface area contributed by atoms with Gasteiger partial charge in [-0.25, -0.2) is 0 Å². The number of aromatic hydroxyl groups is 1. The number of hydrogen-bond acceptors (Lipinski definition) is 2. The third-order valence-corrected chi connectivity index (χ3v) is 2.90. The van der Waals surface area contributed by atoms with Crippen LogP contribution in [0.3, 0.4) is 0 Å². The van der Waals surface area contributed by atoms with Crippen LogP contribution in [-0.4, -0.2) is 5.11 Å². The van der Waals surface area contributed by atoms with Crippen LogP contribution in [0, 0.1) is 6.92 Å². The predicted octanol–water partition coefficient (Wildman–Crippen LogP) is 2.75. The summed E-state index contributed by atoms with van der Waals surface area (Å²) in [7, 11) is 0. The monoisotopic (exact) mass is 218 g/mol. The molecule has 0 heterocycles. The van der Waals surface area contributed by atoms with E-state index in [9.17, 15) is 0 Å². The van der Waals surface area contributed by atoms with E-state index in [4.69, 9.17) is 5.11 Å². The van der Waals surface area contributed by atoms with Gasteiger partial charge >= 0.3 is 0 Å². The largest absolute Gasteiger partial charge is 0.508 e. The van der Waals surface area contributed by atoms with Gasteiger partial charge in [-0.3, -0.25) is 0 Å². The Bertz CT molecular complexity index is 233. The molecule has 0 saturated heterocycles. The molecule has 1 N–H and O–H groups in total. The Balaban J connectivity index is 3.34. The van der Waals surface area contributed by atoms with Gasteiger partial charge in [-0.05, 0) is 35.0 Å². The van der Waals surface area contributed by atoms with Crippen molar-refractivity contribution in [1.82, 2.24) is 0 Å². The number of thiol groups is 1. The van der Waals surface area contributed by atoms with Gasteiger partial charge in [0.1, 0.15) is 5.75 Å². The fraction of sp³-hybridized carbons (Fsp3) is 0.143. The minimum atomic E-state index is 0.285. The Morgan fingerprint density at radius 2 is 2.10 bits per heavy atom. The topological polar surface area (TPSA) is 20.2 Å². The number of rotatable bonds is 0. The molecule has 0 spiro atoms. The van der Waals surface area contributed by atoms with Crippen molar-refractivity contribution in [3.05, 3.63) is 22.2 Å². The second-order valence-corrected chi connectivity index (χ2v) is 3.34. The zero-order valence-corrected chi connectivity index (χ0v) is 7.91. The van der Waals surface area contributed by atoms with Crippen LogP contribution in [0.4, 0.5) is 0 Å². The van der Waals surface area contributed by atoms with Crippen molar-refractivity contribution in [3.8, 4) is 5.75 Å². The molecule has 0 fully saturated rings. The minimum absolute atomic E-state index is 0.285. The molecular weight excluding hydrogens is 212 g/mol. The molecule has 0 aliphatic heterocycles. The second kappa shape index (κ2) is 2.84. The summed E-state index contributed by atoms with van der Waals surface area (Å²) in [6.07, 6.45) is 0. The van der Waals surface area contributed by atoms with Gasteiger partial charge in [0.15, 0.2) is 0 Å². The van der Waals surface area contributed by atoms with Crippen LogP contribution in [0.1, 0.15) is 5.56 Å². The van der Waals surface area contributed by atoms with Crippen LogP contribution in [0.15, 0.2) is 21.5 Å². The molecule has 0 saturated carbocycles. The SMILES string of the molecule is Cc1c(O)ccc(Br)c1S. The third kappa shape index (κ3) is 1.30. The van der Waals surface area contributed by atoms with E-state index < -0.39 is 0 Å². The highest BCUT2D eigenvalue weighted by molar-refractivity contribution is 9.10. The molecule has 1 aromatic carbocycles. The van der Waals surface area contributed by atoms with Crippen LogP contribution in [0.25, 0.3) is 0 Å². The first-order chi connectivity index (χ1) is 4.63. The van der Waals surface area contributed by atoms with Crippen LogP contribution in [-0.2, 0) is 0 Å². The maximum atomic E-state index is 9.15. The second-order valence-electron chi connectivity index (χ2n) is 2.04. The van der Waals surface area contributed by atoms with E-state index in [0.29, 0.717) is 0 Å². The quantitative estimate of drug-likeness (QED) is 0.643. The van der Waals surface area contributed by atoms with Gasteiger partial charge in [0, 0.05) is 14.9 Å². The summed E-state index contributed by atoms with van der Waals surface area (Å²) in [5.41, 5.74) is 0.803. The van der Waals surface area contributed by atoms with Crippen LogP contribution in [0.5, 0.6) is 5.75 Å². The first kappa shape index (κ1) is 7.95. The highest BCUT2D eigenvalue weighted by Gasteiger charge is 2.02. The lowest BCUT2D eigenvalue weighted by Crippen LogP contribution is -1.78. The Hall–Kier alpha value is -0.150. The maximum absolute atomic E-state index is 9.15. The number of hydrogen-bond donors (Lipinski definition) is 2. The van der Waals surface area contributed by atoms with E-state index in [0.717, 1.165) is 14.9 Å². The third-order valence-electron chi connectivity index (χ3n) is 1.35. The van der Waals surface area contributed by atoms with Crippen molar-refractivity contribution < 1.29 is 5.11 Å². The fourth-order valence-electron chi connectivity index (χ4n) is 0.656. The van der Waals surface area contributed by atoms with E-state index in [2.05, 4.69) is 28.6 Å². The molecular formula is C7H7BrOS. The van der Waals surface area contributed by atoms with E-state index in [-0.39, 0.29) is 5.75 Å². The summed E-state index contributed by atoms with van der Waals surface area (Å²) in [6.45, 7) is 1.82. The first-order valence-electron chi connectivity index (χ1n) is 2.80. The zero-order chi connectivity index (χ0) is 7.72. The molecule has 0 atom stereocenters. The average Bonchev–Trinajstić information content (AvgIpc) is 1.93. The highest BCUT2D eigenvalue weighted by Crippen LogP contribution is 2.29. The standard InChI is InChI=1S/C7H7BrOS/c1-4-6(9)3-2-5(8)7(4)10/h2-3,9-10H,1H3. The van der Waals surface area contributed by atoms with Crippen molar-refractivity contribution in [1.29, 1.82) is 0 Å². The molecule has 0 bridgehead atoms. The van der Waals surface area contributed by atoms with Crippen LogP contribution in [0.2, 0.25) is 0 Å². The van der Waals surface area contributed by atoms with Gasteiger partial charge in [-0.15, -0.1) is 12.6 Å². The number of phenolic OH excluding ortho intramolecular Hbond substituents is 1. The summed E-state index contributed by atoms with van der Waals surface area (Å²) in [5, 5.41) is 9.15. The Morgan fingerprint density at radius 3 is 2.60 bits per heavy atom. The summed E-state index contributed by atoms with van der Waals surface area (Å²) < 4.78 is 0.908. The molecule has 0 aliphatic carbocycles. The van der Waals surface area contributed by atoms with Gasteiger partial charge in [0.2, 0.25) is 0 Å². The summed E-state index contributed by atoms with van der Waals surface area (Å²) >= 11 is 7.47. The van der Waals surface area contributed by atoms with Gasteiger partial charge in [-0.1, -0.05) is 0 Å². The number of halogens is 1. The molecule has 0 aromatic heterocycles. The molecule has 0 aliphatic rings. The zero-order valence-electron chi connectivity index (χ0n) is 5.43. The summed E-state index contributed by atoms with van der Waals surface area (Å²) in [4.78, 5) is 0.792. The van der Waals surface area contributed by atoms with Crippen molar-refractivity contribution in [3.63, 3.8) is 0 Å². The van der Waals surface area contributed by atoms with Crippen molar-refractivity contribution >= 4 is 28.6 Å². The fourth-order valence-corrected chi connectivity index (χ4v) is 1.28. The maximum Gasteiger partial charge on any atom is 0.119 e. The van der Waals surface area contributed by atoms with E-state index in [1.807, 2.05) is 6.92 Å². The number of benzene rings is 1. The Kier molecular flexibility index (Phi) is 2.26. The van der Waals surface area contributed by atoms with Crippen LogP contribution < -0.4 is 0 Å².